The lowest BCUT2D eigenvalue weighted by atomic mass is 10.1. The van der Waals surface area contributed by atoms with Gasteiger partial charge in [-0.3, -0.25) is 0 Å². The van der Waals surface area contributed by atoms with Crippen LogP contribution >= 0.6 is 0 Å². The molecule has 0 aliphatic rings. The third-order valence-corrected chi connectivity index (χ3v) is 2.55. The van der Waals surface area contributed by atoms with Crippen molar-refractivity contribution in [2.75, 3.05) is 0 Å². The predicted octanol–water partition coefficient (Wildman–Crippen LogP) is 3.92. The maximum atomic E-state index is 5.37. The van der Waals surface area contributed by atoms with Crippen molar-refractivity contribution in [3.63, 3.8) is 0 Å². The van der Waals surface area contributed by atoms with E-state index in [1.54, 1.807) is 0 Å². The Kier molecular flexibility index (Phi) is 3.83. The molecule has 0 saturated carbocycles. The first kappa shape index (κ1) is 12.0. The molecule has 18 heavy (non-hydrogen) atoms. The maximum absolute atomic E-state index is 5.37. The van der Waals surface area contributed by atoms with E-state index in [2.05, 4.69) is 18.4 Å². The molecule has 0 aliphatic heterocycles. The number of ether oxygens (including phenoxy) is 1. The second-order valence-corrected chi connectivity index (χ2v) is 3.85. The van der Waals surface area contributed by atoms with Crippen molar-refractivity contribution >= 4 is 0 Å². The molecule has 1 heteroatoms. The fourth-order valence-corrected chi connectivity index (χ4v) is 1.65. The third kappa shape index (κ3) is 2.81. The number of hydrogen-bond donors (Lipinski definition) is 0. The van der Waals surface area contributed by atoms with E-state index in [4.69, 9.17) is 4.74 Å². The molecule has 0 unspecified atom stereocenters. The molecule has 0 aromatic heterocycles. The predicted molar refractivity (Wildman–Crippen MR) is 74.4 cm³/mol. The van der Waals surface area contributed by atoms with Crippen molar-refractivity contribution < 1.29 is 4.74 Å². The van der Waals surface area contributed by atoms with Gasteiger partial charge in [0.2, 0.25) is 0 Å². The van der Waals surface area contributed by atoms with Crippen molar-refractivity contribution in [3.05, 3.63) is 78.1 Å². The van der Waals surface area contributed by atoms with Crippen LogP contribution in [0.15, 0.2) is 61.4 Å². The molecule has 0 saturated heterocycles. The number of hydrogen-bond acceptors (Lipinski definition) is 1. The van der Waals surface area contributed by atoms with E-state index in [0.717, 1.165) is 22.4 Å². The normalized spacial score (nSPS) is 9.17. The molecule has 0 bridgehead atoms. The zero-order chi connectivity index (χ0) is 12.8. The molecule has 0 N–H and O–H groups in total. The Morgan fingerprint density at radius 1 is 1.00 bits per heavy atom. The Bertz CT molecular complexity index is 600. The van der Waals surface area contributed by atoms with Crippen LogP contribution in [0.5, 0.6) is 5.75 Å². The van der Waals surface area contributed by atoms with E-state index in [9.17, 15) is 0 Å². The largest absolute Gasteiger partial charge is 0.464 e. The van der Waals surface area contributed by atoms with Crippen molar-refractivity contribution in [1.82, 2.24) is 0 Å². The minimum absolute atomic E-state index is 0.744. The monoisotopic (exact) mass is 234 g/mol. The van der Waals surface area contributed by atoms with E-state index in [-0.39, 0.29) is 0 Å². The molecule has 0 fully saturated rings. The average Bonchev–Trinajstić information content (AvgIpc) is 2.40. The zero-order valence-electron chi connectivity index (χ0n) is 10.3. The molecular formula is C17H14O. The van der Waals surface area contributed by atoms with Gasteiger partial charge >= 0.3 is 0 Å². The van der Waals surface area contributed by atoms with Crippen LogP contribution in [0.2, 0.25) is 0 Å². The lowest BCUT2D eigenvalue weighted by Crippen LogP contribution is -1.89. The minimum Gasteiger partial charge on any atom is -0.464 e. The summed E-state index contributed by atoms with van der Waals surface area (Å²) in [5.74, 6) is 7.04. The number of aryl methyl sites for hydroxylation is 1. The first-order chi connectivity index (χ1) is 8.81. The summed E-state index contributed by atoms with van der Waals surface area (Å²) in [5.41, 5.74) is 2.99. The van der Waals surface area contributed by atoms with Gasteiger partial charge in [-0.15, -0.1) is 0 Å². The minimum atomic E-state index is 0.744. The molecule has 0 amide bonds. The molecule has 0 atom stereocenters. The molecule has 88 valence electrons. The van der Waals surface area contributed by atoms with Crippen molar-refractivity contribution in [2.24, 2.45) is 0 Å². The second kappa shape index (κ2) is 5.75. The van der Waals surface area contributed by atoms with Crippen LogP contribution in [0.1, 0.15) is 16.7 Å². The van der Waals surface area contributed by atoms with Gasteiger partial charge in [0.1, 0.15) is 5.75 Å². The third-order valence-electron chi connectivity index (χ3n) is 2.55. The SMILES string of the molecule is C=COc1cccc(C)c1C#Cc1ccccc1. The van der Waals surface area contributed by atoms with Gasteiger partial charge in [0.25, 0.3) is 0 Å². The van der Waals surface area contributed by atoms with E-state index in [1.807, 2.05) is 55.5 Å². The van der Waals surface area contributed by atoms with E-state index < -0.39 is 0 Å². The molecular weight excluding hydrogens is 220 g/mol. The zero-order valence-corrected chi connectivity index (χ0v) is 10.3. The van der Waals surface area contributed by atoms with Crippen molar-refractivity contribution in [1.29, 1.82) is 0 Å². The summed E-state index contributed by atoms with van der Waals surface area (Å²) in [6.07, 6.45) is 1.42. The topological polar surface area (TPSA) is 9.23 Å². The highest BCUT2D eigenvalue weighted by Crippen LogP contribution is 2.21. The smallest absolute Gasteiger partial charge is 0.142 e. The van der Waals surface area contributed by atoms with Crippen molar-refractivity contribution in [2.45, 2.75) is 6.92 Å². The highest BCUT2D eigenvalue weighted by Gasteiger charge is 2.02. The van der Waals surface area contributed by atoms with Crippen LogP contribution in [0, 0.1) is 18.8 Å². The van der Waals surface area contributed by atoms with Gasteiger partial charge in [0.15, 0.2) is 0 Å². The van der Waals surface area contributed by atoms with E-state index in [0.29, 0.717) is 0 Å². The van der Waals surface area contributed by atoms with Crippen molar-refractivity contribution in [3.8, 4) is 17.6 Å². The van der Waals surface area contributed by atoms with Gasteiger partial charge in [-0.25, -0.2) is 0 Å². The molecule has 2 aromatic carbocycles. The Morgan fingerprint density at radius 2 is 1.78 bits per heavy atom. The Balaban J connectivity index is 2.40. The molecule has 2 aromatic rings. The van der Waals surface area contributed by atoms with Crippen LogP contribution in [0.4, 0.5) is 0 Å². The summed E-state index contributed by atoms with van der Waals surface area (Å²) in [6.45, 7) is 5.59. The van der Waals surface area contributed by atoms with Gasteiger partial charge in [0, 0.05) is 5.56 Å². The van der Waals surface area contributed by atoms with Gasteiger partial charge in [0.05, 0.1) is 11.8 Å². The van der Waals surface area contributed by atoms with Crippen LogP contribution < -0.4 is 4.74 Å². The standard InChI is InChI=1S/C17H14O/c1-3-18-17-11-7-8-14(2)16(17)13-12-15-9-5-4-6-10-15/h3-11H,1H2,2H3. The summed E-state index contributed by atoms with van der Waals surface area (Å²) >= 11 is 0. The number of rotatable bonds is 2. The summed E-state index contributed by atoms with van der Waals surface area (Å²) in [6, 6.07) is 15.8. The number of benzene rings is 2. The Morgan fingerprint density at radius 3 is 2.50 bits per heavy atom. The molecule has 2 rings (SSSR count). The van der Waals surface area contributed by atoms with Crippen LogP contribution in [0.3, 0.4) is 0 Å². The molecule has 1 nitrogen and oxygen atoms in total. The lowest BCUT2D eigenvalue weighted by Gasteiger charge is -2.05. The average molecular weight is 234 g/mol. The molecule has 0 spiro atoms. The summed E-state index contributed by atoms with van der Waals surface area (Å²) in [5, 5.41) is 0. The highest BCUT2D eigenvalue weighted by molar-refractivity contribution is 5.53. The van der Waals surface area contributed by atoms with Gasteiger partial charge in [-0.1, -0.05) is 48.8 Å². The van der Waals surface area contributed by atoms with Gasteiger partial charge in [-0.05, 0) is 30.7 Å². The molecule has 0 heterocycles. The first-order valence-electron chi connectivity index (χ1n) is 5.75. The van der Waals surface area contributed by atoms with E-state index >= 15 is 0 Å². The fourth-order valence-electron chi connectivity index (χ4n) is 1.65. The van der Waals surface area contributed by atoms with Crippen LogP contribution in [0.25, 0.3) is 0 Å². The highest BCUT2D eigenvalue weighted by atomic mass is 16.5. The first-order valence-corrected chi connectivity index (χ1v) is 5.75. The molecule has 0 aliphatic carbocycles. The van der Waals surface area contributed by atoms with E-state index in [1.165, 1.54) is 6.26 Å². The Hall–Kier alpha value is -2.46. The lowest BCUT2D eigenvalue weighted by molar-refractivity contribution is 0.481. The van der Waals surface area contributed by atoms with Gasteiger partial charge < -0.3 is 4.74 Å². The van der Waals surface area contributed by atoms with Crippen LogP contribution in [-0.4, -0.2) is 0 Å². The summed E-state index contributed by atoms with van der Waals surface area (Å²) in [4.78, 5) is 0. The fraction of sp³-hybridized carbons (Fsp3) is 0.0588. The quantitative estimate of drug-likeness (QED) is 0.565. The van der Waals surface area contributed by atoms with Crippen LogP contribution in [-0.2, 0) is 0 Å². The Labute approximate surface area is 108 Å². The summed E-state index contributed by atoms with van der Waals surface area (Å²) in [7, 11) is 0. The second-order valence-electron chi connectivity index (χ2n) is 3.85. The summed E-state index contributed by atoms with van der Waals surface area (Å²) < 4.78 is 5.37. The van der Waals surface area contributed by atoms with Gasteiger partial charge in [-0.2, -0.15) is 0 Å². The maximum Gasteiger partial charge on any atom is 0.142 e. The molecule has 0 radical (unpaired) electrons.